The summed E-state index contributed by atoms with van der Waals surface area (Å²) in [6.07, 6.45) is 4.47. The van der Waals surface area contributed by atoms with Crippen molar-refractivity contribution in [2.24, 2.45) is 11.0 Å². The largest absolute Gasteiger partial charge is 0.496 e. The van der Waals surface area contributed by atoms with Crippen molar-refractivity contribution in [1.82, 2.24) is 9.91 Å². The summed E-state index contributed by atoms with van der Waals surface area (Å²) >= 11 is 6.42. The number of carbonyl (C=O) groups is 2. The molecule has 0 spiro atoms. The van der Waals surface area contributed by atoms with Gasteiger partial charge in [-0.05, 0) is 25.0 Å². The number of hydrogen-bond donors (Lipinski definition) is 0. The number of likely N-dealkylation sites (N-methyl/N-ethyl adjacent to an activating group) is 1. The van der Waals surface area contributed by atoms with E-state index in [2.05, 4.69) is 5.10 Å². The van der Waals surface area contributed by atoms with Gasteiger partial charge in [0, 0.05) is 35.5 Å². The fraction of sp³-hybridized carbons (Fsp3) is 0.400. The van der Waals surface area contributed by atoms with Gasteiger partial charge in [-0.15, -0.1) is 0 Å². The summed E-state index contributed by atoms with van der Waals surface area (Å²) < 4.78 is 5.56. The maximum Gasteiger partial charge on any atom is 0.262 e. The molecule has 2 amide bonds. The molecule has 32 heavy (non-hydrogen) atoms. The van der Waals surface area contributed by atoms with Gasteiger partial charge in [0.05, 0.1) is 18.9 Å². The summed E-state index contributed by atoms with van der Waals surface area (Å²) in [6, 6.07) is 14.8. The number of benzene rings is 2. The van der Waals surface area contributed by atoms with Gasteiger partial charge in [0.25, 0.3) is 5.91 Å². The molecular weight excluding hydrogens is 426 g/mol. The average Bonchev–Trinajstić information content (AvgIpc) is 3.49. The highest BCUT2D eigenvalue weighted by atomic mass is 35.5. The SMILES string of the molecule is COc1ccccc1C1CC(c2ccccc2Cl)=NN1C(=O)CN(C)C(=O)C1CCCC1. The summed E-state index contributed by atoms with van der Waals surface area (Å²) in [5.41, 5.74) is 2.42. The van der Waals surface area contributed by atoms with Crippen LogP contribution in [0.3, 0.4) is 0 Å². The zero-order chi connectivity index (χ0) is 22.7. The van der Waals surface area contributed by atoms with Gasteiger partial charge in [-0.2, -0.15) is 5.10 Å². The second-order valence-corrected chi connectivity index (χ2v) is 8.81. The first-order valence-electron chi connectivity index (χ1n) is 11.0. The number of amides is 2. The fourth-order valence-corrected chi connectivity index (χ4v) is 4.86. The number of carbonyl (C=O) groups excluding carboxylic acids is 2. The number of para-hydroxylation sites is 1. The summed E-state index contributed by atoms with van der Waals surface area (Å²) in [5.74, 6) is 0.538. The van der Waals surface area contributed by atoms with Crippen LogP contribution in [0.4, 0.5) is 0 Å². The Hall–Kier alpha value is -2.86. The van der Waals surface area contributed by atoms with Crippen molar-refractivity contribution in [3.63, 3.8) is 0 Å². The lowest BCUT2D eigenvalue weighted by Gasteiger charge is -2.26. The van der Waals surface area contributed by atoms with Crippen LogP contribution in [-0.4, -0.2) is 48.1 Å². The van der Waals surface area contributed by atoms with Crippen LogP contribution in [0.1, 0.15) is 49.3 Å². The van der Waals surface area contributed by atoms with Gasteiger partial charge < -0.3 is 9.64 Å². The van der Waals surface area contributed by atoms with E-state index in [4.69, 9.17) is 16.3 Å². The second kappa shape index (κ2) is 9.74. The Labute approximate surface area is 193 Å². The van der Waals surface area contributed by atoms with E-state index in [1.807, 2.05) is 48.5 Å². The zero-order valence-electron chi connectivity index (χ0n) is 18.5. The molecule has 4 rings (SSSR count). The van der Waals surface area contributed by atoms with Crippen LogP contribution in [0.2, 0.25) is 5.02 Å². The monoisotopic (exact) mass is 453 g/mol. The molecule has 2 aromatic carbocycles. The van der Waals surface area contributed by atoms with E-state index in [9.17, 15) is 9.59 Å². The Balaban J connectivity index is 1.62. The molecule has 0 N–H and O–H groups in total. The van der Waals surface area contributed by atoms with E-state index in [0.717, 1.165) is 42.5 Å². The van der Waals surface area contributed by atoms with Crippen LogP contribution in [0.15, 0.2) is 53.6 Å². The molecule has 1 atom stereocenters. The quantitative estimate of drug-likeness (QED) is 0.638. The summed E-state index contributed by atoms with van der Waals surface area (Å²) in [6.45, 7) is -0.0136. The van der Waals surface area contributed by atoms with Gasteiger partial charge in [0.2, 0.25) is 5.91 Å². The third-order valence-corrected chi connectivity index (χ3v) is 6.63. The van der Waals surface area contributed by atoms with E-state index >= 15 is 0 Å². The lowest BCUT2D eigenvalue weighted by molar-refractivity contribution is -0.142. The summed E-state index contributed by atoms with van der Waals surface area (Å²) in [4.78, 5) is 27.7. The maximum absolute atomic E-state index is 13.4. The number of methoxy groups -OCH3 is 1. The highest BCUT2D eigenvalue weighted by Crippen LogP contribution is 2.38. The minimum Gasteiger partial charge on any atom is -0.496 e. The molecule has 0 bridgehead atoms. The molecule has 2 aliphatic rings. The van der Waals surface area contributed by atoms with Crippen LogP contribution in [0.25, 0.3) is 0 Å². The Bertz CT molecular complexity index is 1030. The molecule has 1 heterocycles. The molecule has 1 fully saturated rings. The smallest absolute Gasteiger partial charge is 0.262 e. The fourth-order valence-electron chi connectivity index (χ4n) is 4.62. The lowest BCUT2D eigenvalue weighted by atomic mass is 9.97. The van der Waals surface area contributed by atoms with Gasteiger partial charge in [-0.25, -0.2) is 5.01 Å². The van der Waals surface area contributed by atoms with Crippen LogP contribution in [-0.2, 0) is 9.59 Å². The van der Waals surface area contributed by atoms with E-state index in [0.29, 0.717) is 17.2 Å². The number of ether oxygens (including phenoxy) is 1. The van der Waals surface area contributed by atoms with Crippen molar-refractivity contribution in [3.05, 3.63) is 64.7 Å². The van der Waals surface area contributed by atoms with Crippen LogP contribution in [0.5, 0.6) is 5.75 Å². The Morgan fingerprint density at radius 1 is 1.12 bits per heavy atom. The Kier molecular flexibility index (Phi) is 6.80. The molecule has 1 saturated carbocycles. The van der Waals surface area contributed by atoms with Crippen LogP contribution < -0.4 is 4.74 Å². The second-order valence-electron chi connectivity index (χ2n) is 8.40. The van der Waals surface area contributed by atoms with Crippen LogP contribution in [0, 0.1) is 5.92 Å². The van der Waals surface area contributed by atoms with E-state index in [1.54, 1.807) is 19.1 Å². The first-order chi connectivity index (χ1) is 15.5. The molecule has 6 nitrogen and oxygen atoms in total. The molecule has 1 aliphatic heterocycles. The molecule has 7 heteroatoms. The maximum atomic E-state index is 13.4. The molecule has 1 unspecified atom stereocenters. The van der Waals surface area contributed by atoms with Crippen molar-refractivity contribution in [3.8, 4) is 5.75 Å². The first-order valence-corrected chi connectivity index (χ1v) is 11.4. The average molecular weight is 454 g/mol. The number of hydrazone groups is 1. The molecule has 0 saturated heterocycles. The Morgan fingerprint density at radius 2 is 1.81 bits per heavy atom. The van der Waals surface area contributed by atoms with E-state index in [-0.39, 0.29) is 30.3 Å². The number of nitrogens with zero attached hydrogens (tertiary/aromatic N) is 3. The summed E-state index contributed by atoms with van der Waals surface area (Å²) in [7, 11) is 3.31. The standard InChI is InChI=1S/C25H28ClN3O3/c1-28(25(31)17-9-3-4-10-17)16-24(30)29-22(19-12-6-8-14-23(19)32-2)15-21(27-29)18-11-5-7-13-20(18)26/h5-8,11-14,17,22H,3-4,9-10,15-16H2,1-2H3. The van der Waals surface area contributed by atoms with Crippen molar-refractivity contribution in [1.29, 1.82) is 0 Å². The van der Waals surface area contributed by atoms with Gasteiger partial charge in [0.15, 0.2) is 0 Å². The van der Waals surface area contributed by atoms with E-state index in [1.165, 1.54) is 5.01 Å². The number of hydrogen-bond acceptors (Lipinski definition) is 4. The minimum absolute atomic E-state index is 0.0136. The molecule has 0 aromatic heterocycles. The predicted molar refractivity (Wildman–Crippen MR) is 125 cm³/mol. The van der Waals surface area contributed by atoms with Crippen molar-refractivity contribution >= 4 is 29.1 Å². The van der Waals surface area contributed by atoms with Gasteiger partial charge in [-0.1, -0.05) is 60.8 Å². The van der Waals surface area contributed by atoms with Crippen molar-refractivity contribution < 1.29 is 14.3 Å². The highest BCUT2D eigenvalue weighted by molar-refractivity contribution is 6.34. The third-order valence-electron chi connectivity index (χ3n) is 6.30. The van der Waals surface area contributed by atoms with E-state index < -0.39 is 0 Å². The van der Waals surface area contributed by atoms with Gasteiger partial charge in [-0.3, -0.25) is 9.59 Å². The predicted octanol–water partition coefficient (Wildman–Crippen LogP) is 4.67. The molecule has 1 aliphatic carbocycles. The van der Waals surface area contributed by atoms with Gasteiger partial charge >= 0.3 is 0 Å². The topological polar surface area (TPSA) is 62.2 Å². The minimum atomic E-state index is -0.333. The van der Waals surface area contributed by atoms with Crippen molar-refractivity contribution in [2.45, 2.75) is 38.1 Å². The molecule has 2 aromatic rings. The molecule has 168 valence electrons. The Morgan fingerprint density at radius 3 is 2.53 bits per heavy atom. The van der Waals surface area contributed by atoms with Gasteiger partial charge in [0.1, 0.15) is 12.3 Å². The zero-order valence-corrected chi connectivity index (χ0v) is 19.2. The lowest BCUT2D eigenvalue weighted by Crippen LogP contribution is -2.41. The molecular formula is C25H28ClN3O3. The molecule has 0 radical (unpaired) electrons. The number of halogens is 1. The van der Waals surface area contributed by atoms with Crippen LogP contribution >= 0.6 is 11.6 Å². The highest BCUT2D eigenvalue weighted by Gasteiger charge is 2.36. The normalized spacial score (nSPS) is 18.5. The number of rotatable bonds is 6. The van der Waals surface area contributed by atoms with Crippen molar-refractivity contribution in [2.75, 3.05) is 20.7 Å². The first kappa shape index (κ1) is 22.3. The summed E-state index contributed by atoms with van der Waals surface area (Å²) in [5, 5.41) is 6.77. The third kappa shape index (κ3) is 4.51.